The highest BCUT2D eigenvalue weighted by Crippen LogP contribution is 2.28. The molecule has 1 aromatic rings. The van der Waals surface area contributed by atoms with Gasteiger partial charge in [0, 0.05) is 4.47 Å². The lowest BCUT2D eigenvalue weighted by molar-refractivity contribution is -0.121. The molecular weight excluding hydrogens is 322 g/mol. The number of nitrogens with zero attached hydrogens (tertiary/aromatic N) is 1. The van der Waals surface area contributed by atoms with E-state index in [1.807, 2.05) is 4.90 Å². The van der Waals surface area contributed by atoms with Gasteiger partial charge in [0.25, 0.3) is 0 Å². The molecule has 0 unspecified atom stereocenters. The summed E-state index contributed by atoms with van der Waals surface area (Å²) in [6.07, 6.45) is 2.04. The first-order chi connectivity index (χ1) is 9.54. The SMILES string of the molecule is NC(=O)NC(=O)CN1CCC(c2ccc(Br)cc2)CC1. The lowest BCUT2D eigenvalue weighted by Crippen LogP contribution is -2.44. The Kier molecular flexibility index (Phi) is 5.14. The van der Waals surface area contributed by atoms with E-state index in [4.69, 9.17) is 5.73 Å². The summed E-state index contributed by atoms with van der Waals surface area (Å²) < 4.78 is 1.09. The van der Waals surface area contributed by atoms with Crippen LogP contribution in [0.3, 0.4) is 0 Å². The number of nitrogens with one attached hydrogen (secondary N) is 1. The molecule has 6 heteroatoms. The van der Waals surface area contributed by atoms with Crippen LogP contribution in [0.15, 0.2) is 28.7 Å². The summed E-state index contributed by atoms with van der Waals surface area (Å²) in [6, 6.07) is 7.61. The van der Waals surface area contributed by atoms with Crippen LogP contribution in [0.5, 0.6) is 0 Å². The van der Waals surface area contributed by atoms with E-state index in [2.05, 4.69) is 45.5 Å². The molecule has 108 valence electrons. The van der Waals surface area contributed by atoms with E-state index in [0.717, 1.165) is 30.4 Å². The molecule has 0 spiro atoms. The highest BCUT2D eigenvalue weighted by molar-refractivity contribution is 9.10. The fourth-order valence-corrected chi connectivity index (χ4v) is 2.80. The maximum absolute atomic E-state index is 11.5. The van der Waals surface area contributed by atoms with Gasteiger partial charge in [-0.25, -0.2) is 4.79 Å². The molecule has 0 radical (unpaired) electrons. The van der Waals surface area contributed by atoms with Crippen molar-refractivity contribution in [2.45, 2.75) is 18.8 Å². The summed E-state index contributed by atoms with van der Waals surface area (Å²) >= 11 is 3.44. The predicted molar refractivity (Wildman–Crippen MR) is 80.3 cm³/mol. The molecule has 3 amide bonds. The first-order valence-electron chi connectivity index (χ1n) is 6.61. The number of carbonyl (C=O) groups is 2. The van der Waals surface area contributed by atoms with Gasteiger partial charge in [0.1, 0.15) is 0 Å². The number of piperidine rings is 1. The molecule has 1 aliphatic rings. The summed E-state index contributed by atoms with van der Waals surface area (Å²) in [5.41, 5.74) is 6.26. The van der Waals surface area contributed by atoms with Crippen molar-refractivity contribution in [1.82, 2.24) is 10.2 Å². The first kappa shape index (κ1) is 15.0. The minimum absolute atomic E-state index is 0.232. The summed E-state index contributed by atoms with van der Waals surface area (Å²) in [6.45, 7) is 1.94. The number of hydrogen-bond acceptors (Lipinski definition) is 3. The Hall–Kier alpha value is -1.40. The normalized spacial score (nSPS) is 16.9. The van der Waals surface area contributed by atoms with Crippen LogP contribution < -0.4 is 11.1 Å². The van der Waals surface area contributed by atoms with Crippen LogP contribution in [0.2, 0.25) is 0 Å². The lowest BCUT2D eigenvalue weighted by atomic mass is 9.89. The average Bonchev–Trinajstić information content (AvgIpc) is 2.39. The van der Waals surface area contributed by atoms with Crippen molar-refractivity contribution in [3.63, 3.8) is 0 Å². The van der Waals surface area contributed by atoms with Gasteiger partial charge < -0.3 is 5.73 Å². The number of halogens is 1. The molecule has 1 saturated heterocycles. The van der Waals surface area contributed by atoms with E-state index >= 15 is 0 Å². The Labute approximate surface area is 126 Å². The molecule has 1 aliphatic heterocycles. The van der Waals surface area contributed by atoms with Gasteiger partial charge in [-0.15, -0.1) is 0 Å². The van der Waals surface area contributed by atoms with Crippen LogP contribution in [0.1, 0.15) is 24.3 Å². The number of primary amides is 1. The van der Waals surface area contributed by atoms with E-state index in [-0.39, 0.29) is 12.5 Å². The lowest BCUT2D eigenvalue weighted by Gasteiger charge is -2.31. The molecule has 0 aromatic heterocycles. The zero-order valence-corrected chi connectivity index (χ0v) is 12.7. The van der Waals surface area contributed by atoms with Crippen LogP contribution in [0.25, 0.3) is 0 Å². The zero-order valence-electron chi connectivity index (χ0n) is 11.1. The van der Waals surface area contributed by atoms with Crippen molar-refractivity contribution in [2.75, 3.05) is 19.6 Å². The largest absolute Gasteiger partial charge is 0.351 e. The maximum Gasteiger partial charge on any atom is 0.318 e. The van der Waals surface area contributed by atoms with Gasteiger partial charge in [-0.3, -0.25) is 15.0 Å². The summed E-state index contributed by atoms with van der Waals surface area (Å²) in [5.74, 6) is 0.207. The minimum atomic E-state index is -0.792. The van der Waals surface area contributed by atoms with Crippen LogP contribution in [0.4, 0.5) is 4.79 Å². The Morgan fingerprint density at radius 1 is 1.25 bits per heavy atom. The number of amides is 3. The molecule has 3 N–H and O–H groups in total. The van der Waals surface area contributed by atoms with Gasteiger partial charge >= 0.3 is 6.03 Å². The quantitative estimate of drug-likeness (QED) is 0.881. The van der Waals surface area contributed by atoms with E-state index in [1.54, 1.807) is 0 Å². The maximum atomic E-state index is 11.5. The van der Waals surface area contributed by atoms with Crippen LogP contribution >= 0.6 is 15.9 Å². The topological polar surface area (TPSA) is 75.4 Å². The van der Waals surface area contributed by atoms with Crippen molar-refractivity contribution < 1.29 is 9.59 Å². The van der Waals surface area contributed by atoms with Gasteiger partial charge in [0.05, 0.1) is 6.54 Å². The molecule has 1 heterocycles. The smallest absolute Gasteiger partial charge is 0.318 e. The van der Waals surface area contributed by atoms with E-state index in [1.165, 1.54) is 5.56 Å². The number of benzene rings is 1. The number of nitrogens with two attached hydrogens (primary N) is 1. The molecule has 0 atom stereocenters. The number of carbonyl (C=O) groups excluding carboxylic acids is 2. The number of likely N-dealkylation sites (tertiary alicyclic amines) is 1. The third-order valence-electron chi connectivity index (χ3n) is 3.56. The molecule has 1 fully saturated rings. The number of hydrogen-bond donors (Lipinski definition) is 2. The number of imide groups is 1. The van der Waals surface area contributed by atoms with Gasteiger partial charge in [-0.2, -0.15) is 0 Å². The molecule has 5 nitrogen and oxygen atoms in total. The second-order valence-electron chi connectivity index (χ2n) is 5.01. The van der Waals surface area contributed by atoms with Crippen molar-refractivity contribution in [2.24, 2.45) is 5.73 Å². The fraction of sp³-hybridized carbons (Fsp3) is 0.429. The molecular formula is C14H18BrN3O2. The Balaban J connectivity index is 1.81. The van der Waals surface area contributed by atoms with Crippen LogP contribution in [-0.2, 0) is 4.79 Å². The van der Waals surface area contributed by atoms with Crippen LogP contribution in [-0.4, -0.2) is 36.5 Å². The highest BCUT2D eigenvalue weighted by atomic mass is 79.9. The second-order valence-corrected chi connectivity index (χ2v) is 5.93. The van der Waals surface area contributed by atoms with E-state index < -0.39 is 6.03 Å². The Morgan fingerprint density at radius 2 is 1.85 bits per heavy atom. The van der Waals surface area contributed by atoms with E-state index in [9.17, 15) is 9.59 Å². The number of urea groups is 1. The van der Waals surface area contributed by atoms with Gasteiger partial charge in [-0.1, -0.05) is 28.1 Å². The van der Waals surface area contributed by atoms with Crippen molar-refractivity contribution >= 4 is 27.9 Å². The highest BCUT2D eigenvalue weighted by Gasteiger charge is 2.22. The minimum Gasteiger partial charge on any atom is -0.351 e. The molecule has 0 saturated carbocycles. The summed E-state index contributed by atoms with van der Waals surface area (Å²) in [4.78, 5) is 24.1. The molecule has 20 heavy (non-hydrogen) atoms. The van der Waals surface area contributed by atoms with Crippen molar-refractivity contribution in [3.05, 3.63) is 34.3 Å². The van der Waals surface area contributed by atoms with Gasteiger partial charge in [0.15, 0.2) is 0 Å². The Bertz CT molecular complexity index is 482. The van der Waals surface area contributed by atoms with Crippen LogP contribution in [0, 0.1) is 0 Å². The van der Waals surface area contributed by atoms with Gasteiger partial charge in [-0.05, 0) is 49.5 Å². The molecule has 0 aliphatic carbocycles. The fourth-order valence-electron chi connectivity index (χ4n) is 2.54. The predicted octanol–water partition coefficient (Wildman–Crippen LogP) is 1.82. The zero-order chi connectivity index (χ0) is 14.5. The summed E-state index contributed by atoms with van der Waals surface area (Å²) in [5, 5.41) is 2.09. The third-order valence-corrected chi connectivity index (χ3v) is 4.09. The van der Waals surface area contributed by atoms with Crippen molar-refractivity contribution in [3.8, 4) is 0 Å². The van der Waals surface area contributed by atoms with Gasteiger partial charge in [0.2, 0.25) is 5.91 Å². The molecule has 1 aromatic carbocycles. The third kappa shape index (κ3) is 4.31. The van der Waals surface area contributed by atoms with E-state index in [0.29, 0.717) is 5.92 Å². The number of rotatable bonds is 3. The standard InChI is InChI=1S/C14H18BrN3O2/c15-12-3-1-10(2-4-12)11-5-7-18(8-6-11)9-13(19)17-14(16)20/h1-4,11H,5-9H2,(H3,16,17,19,20). The molecule has 2 rings (SSSR count). The average molecular weight is 340 g/mol. The monoisotopic (exact) mass is 339 g/mol. The Morgan fingerprint density at radius 3 is 2.40 bits per heavy atom. The second kappa shape index (κ2) is 6.85. The first-order valence-corrected chi connectivity index (χ1v) is 7.41. The molecule has 0 bridgehead atoms. The summed E-state index contributed by atoms with van der Waals surface area (Å²) in [7, 11) is 0. The van der Waals surface area contributed by atoms with Crippen molar-refractivity contribution in [1.29, 1.82) is 0 Å².